The van der Waals surface area contributed by atoms with Crippen LogP contribution in [0.3, 0.4) is 0 Å². The van der Waals surface area contributed by atoms with Crippen molar-refractivity contribution < 1.29 is 14.3 Å². The number of aromatic nitrogens is 2. The van der Waals surface area contributed by atoms with Crippen molar-refractivity contribution in [3.05, 3.63) is 52.6 Å². The van der Waals surface area contributed by atoms with E-state index in [4.69, 9.17) is 9.52 Å². The number of hydrogen-bond donors (Lipinski definition) is 2. The lowest BCUT2D eigenvalue weighted by Crippen LogP contribution is -2.18. The van der Waals surface area contributed by atoms with Gasteiger partial charge in [0.2, 0.25) is 0 Å². The zero-order chi connectivity index (χ0) is 13.4. The molecule has 3 rings (SSSR count). The zero-order valence-corrected chi connectivity index (χ0v) is 9.58. The molecule has 0 aliphatic carbocycles. The lowest BCUT2D eigenvalue weighted by molar-refractivity contribution is 0.0694. The summed E-state index contributed by atoms with van der Waals surface area (Å²) in [7, 11) is 0. The van der Waals surface area contributed by atoms with Crippen molar-refractivity contribution in [2.45, 2.75) is 0 Å². The molecule has 0 atom stereocenters. The molecule has 1 aromatic carbocycles. The molecule has 6 nitrogen and oxygen atoms in total. The maximum absolute atomic E-state index is 11.6. The summed E-state index contributed by atoms with van der Waals surface area (Å²) in [4.78, 5) is 28.8. The Kier molecular flexibility index (Phi) is 2.42. The number of carboxylic acids is 1. The highest BCUT2D eigenvalue weighted by Gasteiger charge is 2.13. The average molecular weight is 256 g/mol. The van der Waals surface area contributed by atoms with Gasteiger partial charge in [-0.15, -0.1) is 0 Å². The number of rotatable bonds is 2. The molecule has 0 fully saturated rings. The Hall–Kier alpha value is -2.89. The third-order valence-electron chi connectivity index (χ3n) is 2.77. The second-order valence-corrected chi connectivity index (χ2v) is 3.93. The summed E-state index contributed by atoms with van der Waals surface area (Å²) < 4.78 is 5.34. The highest BCUT2D eigenvalue weighted by molar-refractivity contribution is 5.92. The van der Waals surface area contributed by atoms with E-state index in [2.05, 4.69) is 9.97 Å². The van der Waals surface area contributed by atoms with Crippen LogP contribution in [0, 0.1) is 0 Å². The fourth-order valence-corrected chi connectivity index (χ4v) is 1.85. The summed E-state index contributed by atoms with van der Waals surface area (Å²) in [5.74, 6) is -1.03. The zero-order valence-electron chi connectivity index (χ0n) is 9.58. The lowest BCUT2D eigenvalue weighted by atomic mass is 10.1. The number of furan rings is 1. The Bertz CT molecular complexity index is 832. The first-order valence-electron chi connectivity index (χ1n) is 5.46. The van der Waals surface area contributed by atoms with E-state index in [1.54, 1.807) is 6.07 Å². The van der Waals surface area contributed by atoms with Gasteiger partial charge in [-0.25, -0.2) is 9.78 Å². The molecule has 3 aromatic rings. The van der Waals surface area contributed by atoms with Crippen LogP contribution < -0.4 is 5.56 Å². The van der Waals surface area contributed by atoms with E-state index in [0.717, 1.165) is 11.6 Å². The number of carboxylic acid groups (broad SMARTS) is 1. The molecule has 94 valence electrons. The number of aromatic carboxylic acids is 1. The van der Waals surface area contributed by atoms with Crippen molar-refractivity contribution in [2.24, 2.45) is 0 Å². The second kappa shape index (κ2) is 4.09. The largest absolute Gasteiger partial charge is 0.477 e. The van der Waals surface area contributed by atoms with Gasteiger partial charge in [-0.1, -0.05) is 18.2 Å². The Morgan fingerprint density at radius 1 is 1.32 bits per heavy atom. The quantitative estimate of drug-likeness (QED) is 0.729. The van der Waals surface area contributed by atoms with Crippen LogP contribution in [-0.2, 0) is 0 Å². The molecule has 0 aliphatic heterocycles. The number of H-pyrrole nitrogens is 1. The first kappa shape index (κ1) is 11.2. The Labute approximate surface area is 106 Å². The minimum Gasteiger partial charge on any atom is -0.477 e. The molecule has 2 aromatic heterocycles. The summed E-state index contributed by atoms with van der Waals surface area (Å²) in [6, 6.07) is 7.30. The van der Waals surface area contributed by atoms with Gasteiger partial charge in [0, 0.05) is 11.6 Å². The van der Waals surface area contributed by atoms with Gasteiger partial charge < -0.3 is 14.5 Å². The van der Waals surface area contributed by atoms with Crippen LogP contribution in [0.15, 0.2) is 45.9 Å². The summed E-state index contributed by atoms with van der Waals surface area (Å²) in [5, 5.41) is 9.58. The number of para-hydroxylation sites is 1. The third kappa shape index (κ3) is 1.79. The lowest BCUT2D eigenvalue weighted by Gasteiger charge is -1.98. The fraction of sp³-hybridized carbons (Fsp3) is 0. The van der Waals surface area contributed by atoms with E-state index < -0.39 is 17.1 Å². The molecule has 0 radical (unpaired) electrons. The first-order chi connectivity index (χ1) is 9.16. The van der Waals surface area contributed by atoms with Crippen molar-refractivity contribution in [2.75, 3.05) is 0 Å². The second-order valence-electron chi connectivity index (χ2n) is 3.93. The number of nitrogens with one attached hydrogen (secondary N) is 1. The third-order valence-corrected chi connectivity index (χ3v) is 2.77. The molecule has 0 aliphatic rings. The summed E-state index contributed by atoms with van der Waals surface area (Å²) >= 11 is 0. The van der Waals surface area contributed by atoms with Crippen LogP contribution in [0.5, 0.6) is 0 Å². The average Bonchev–Trinajstić information content (AvgIpc) is 2.82. The standard InChI is InChI=1S/C13H8N2O4/c16-12-8(13(17)18)5-14-11(15-12)9-6-19-10-4-2-1-3-7(9)10/h1-6H,(H,17,18)(H,14,15,16). The van der Waals surface area contributed by atoms with Crippen LogP contribution in [0.2, 0.25) is 0 Å². The molecule has 0 unspecified atom stereocenters. The summed E-state index contributed by atoms with van der Waals surface area (Å²) in [6.07, 6.45) is 2.52. The molecule has 2 N–H and O–H groups in total. The number of aromatic amines is 1. The van der Waals surface area contributed by atoms with E-state index in [9.17, 15) is 9.59 Å². The molecule has 0 saturated carbocycles. The topological polar surface area (TPSA) is 96.2 Å². The van der Waals surface area contributed by atoms with E-state index in [1.165, 1.54) is 6.26 Å². The number of benzene rings is 1. The first-order valence-corrected chi connectivity index (χ1v) is 5.46. The fourth-order valence-electron chi connectivity index (χ4n) is 1.85. The van der Waals surface area contributed by atoms with Gasteiger partial charge in [0.25, 0.3) is 5.56 Å². The van der Waals surface area contributed by atoms with Crippen molar-refractivity contribution in [3.63, 3.8) is 0 Å². The summed E-state index contributed by atoms with van der Waals surface area (Å²) in [5.41, 5.74) is 0.200. The van der Waals surface area contributed by atoms with Crippen LogP contribution in [0.4, 0.5) is 0 Å². The Morgan fingerprint density at radius 3 is 2.84 bits per heavy atom. The van der Waals surface area contributed by atoms with Crippen LogP contribution in [0.1, 0.15) is 10.4 Å². The van der Waals surface area contributed by atoms with Crippen LogP contribution in [0.25, 0.3) is 22.4 Å². The SMILES string of the molecule is O=C(O)c1cnc(-c2coc3ccccc23)[nH]c1=O. The molecular formula is C13H8N2O4. The molecule has 0 amide bonds. The van der Waals surface area contributed by atoms with E-state index in [0.29, 0.717) is 11.1 Å². The van der Waals surface area contributed by atoms with Gasteiger partial charge in [0.05, 0.1) is 5.56 Å². The van der Waals surface area contributed by atoms with Gasteiger partial charge >= 0.3 is 5.97 Å². The van der Waals surface area contributed by atoms with Crippen LogP contribution >= 0.6 is 0 Å². The van der Waals surface area contributed by atoms with E-state index >= 15 is 0 Å². The van der Waals surface area contributed by atoms with E-state index in [-0.39, 0.29) is 5.82 Å². The molecule has 19 heavy (non-hydrogen) atoms. The van der Waals surface area contributed by atoms with Crippen molar-refractivity contribution in [1.29, 1.82) is 0 Å². The van der Waals surface area contributed by atoms with Crippen molar-refractivity contribution in [3.8, 4) is 11.4 Å². The van der Waals surface area contributed by atoms with Gasteiger partial charge in [-0.2, -0.15) is 0 Å². The highest BCUT2D eigenvalue weighted by Crippen LogP contribution is 2.27. The normalized spacial score (nSPS) is 10.7. The predicted molar refractivity (Wildman–Crippen MR) is 67.0 cm³/mol. The molecule has 0 spiro atoms. The molecule has 0 bridgehead atoms. The van der Waals surface area contributed by atoms with Gasteiger partial charge in [0.1, 0.15) is 23.2 Å². The maximum atomic E-state index is 11.6. The van der Waals surface area contributed by atoms with Crippen molar-refractivity contribution >= 4 is 16.9 Å². The number of carbonyl (C=O) groups is 1. The van der Waals surface area contributed by atoms with Crippen molar-refractivity contribution in [1.82, 2.24) is 9.97 Å². The van der Waals surface area contributed by atoms with Gasteiger partial charge in [-0.3, -0.25) is 4.79 Å². The maximum Gasteiger partial charge on any atom is 0.342 e. The van der Waals surface area contributed by atoms with Gasteiger partial charge in [-0.05, 0) is 6.07 Å². The monoisotopic (exact) mass is 256 g/mol. The number of nitrogens with zero attached hydrogens (tertiary/aromatic N) is 1. The number of fused-ring (bicyclic) bond motifs is 1. The Balaban J connectivity index is 2.20. The summed E-state index contributed by atoms with van der Waals surface area (Å²) in [6.45, 7) is 0. The van der Waals surface area contributed by atoms with Crippen LogP contribution in [-0.4, -0.2) is 21.0 Å². The highest BCUT2D eigenvalue weighted by atomic mass is 16.4. The van der Waals surface area contributed by atoms with E-state index in [1.807, 2.05) is 18.2 Å². The predicted octanol–water partition coefficient (Wildman–Crippen LogP) is 1.88. The minimum absolute atomic E-state index is 0.278. The number of hydrogen-bond acceptors (Lipinski definition) is 4. The molecular weight excluding hydrogens is 248 g/mol. The molecule has 2 heterocycles. The molecule has 6 heteroatoms. The molecule has 0 saturated heterocycles. The Morgan fingerprint density at radius 2 is 2.11 bits per heavy atom. The smallest absolute Gasteiger partial charge is 0.342 e. The van der Waals surface area contributed by atoms with Gasteiger partial charge in [0.15, 0.2) is 0 Å². The minimum atomic E-state index is -1.31.